The summed E-state index contributed by atoms with van der Waals surface area (Å²) in [6, 6.07) is 1.88. The zero-order valence-corrected chi connectivity index (χ0v) is 10.5. The van der Waals surface area contributed by atoms with Gasteiger partial charge in [-0.25, -0.2) is 4.98 Å². The van der Waals surface area contributed by atoms with Crippen molar-refractivity contribution < 1.29 is 0 Å². The molecule has 3 heterocycles. The summed E-state index contributed by atoms with van der Waals surface area (Å²) >= 11 is 1.79. The van der Waals surface area contributed by atoms with Crippen molar-refractivity contribution >= 4 is 11.3 Å². The monoisotopic (exact) mass is 237 g/mol. The van der Waals surface area contributed by atoms with E-state index in [1.807, 2.05) is 0 Å². The lowest BCUT2D eigenvalue weighted by atomic mass is 9.98. The Morgan fingerprint density at radius 3 is 2.69 bits per heavy atom. The third kappa shape index (κ3) is 1.90. The second-order valence-corrected chi connectivity index (χ2v) is 6.11. The predicted octanol–water partition coefficient (Wildman–Crippen LogP) is 1.91. The molecule has 3 atom stereocenters. The fourth-order valence-corrected chi connectivity index (χ4v) is 3.99. The molecule has 3 nitrogen and oxygen atoms in total. The first-order valence-electron chi connectivity index (χ1n) is 6.14. The Labute approximate surface area is 101 Å². The number of hydrogen-bond donors (Lipinski definition) is 1. The van der Waals surface area contributed by atoms with Crippen molar-refractivity contribution in [3.8, 4) is 0 Å². The molecule has 16 heavy (non-hydrogen) atoms. The van der Waals surface area contributed by atoms with Crippen LogP contribution in [0.5, 0.6) is 0 Å². The molecule has 2 bridgehead atoms. The van der Waals surface area contributed by atoms with Gasteiger partial charge in [0.25, 0.3) is 0 Å². The van der Waals surface area contributed by atoms with Gasteiger partial charge in [0, 0.05) is 29.2 Å². The van der Waals surface area contributed by atoms with E-state index in [0.717, 1.165) is 24.3 Å². The van der Waals surface area contributed by atoms with E-state index in [9.17, 15) is 0 Å². The average molecular weight is 237 g/mol. The highest BCUT2D eigenvalue weighted by atomic mass is 32.1. The van der Waals surface area contributed by atoms with Crippen molar-refractivity contribution in [2.45, 2.75) is 57.3 Å². The van der Waals surface area contributed by atoms with Crippen LogP contribution in [0, 0.1) is 6.92 Å². The summed E-state index contributed by atoms with van der Waals surface area (Å²) in [5.41, 5.74) is 7.23. The Kier molecular flexibility index (Phi) is 2.73. The summed E-state index contributed by atoms with van der Waals surface area (Å²) < 4.78 is 0. The molecule has 0 spiro atoms. The SMILES string of the molecule is Cc1csc(CN2[C@@H]3CC[C@H]2CC(N)C3)n1. The van der Waals surface area contributed by atoms with Gasteiger partial charge in [-0.15, -0.1) is 11.3 Å². The van der Waals surface area contributed by atoms with Crippen molar-refractivity contribution in [2.75, 3.05) is 0 Å². The van der Waals surface area contributed by atoms with Crippen LogP contribution >= 0.6 is 11.3 Å². The molecule has 1 unspecified atom stereocenters. The molecule has 4 heteroatoms. The van der Waals surface area contributed by atoms with Gasteiger partial charge in [0.1, 0.15) is 5.01 Å². The van der Waals surface area contributed by atoms with Crippen LogP contribution in [0.15, 0.2) is 5.38 Å². The van der Waals surface area contributed by atoms with Crippen LogP contribution in [-0.2, 0) is 6.54 Å². The largest absolute Gasteiger partial charge is 0.328 e. The van der Waals surface area contributed by atoms with E-state index in [0.29, 0.717) is 6.04 Å². The number of nitrogens with two attached hydrogens (primary N) is 1. The van der Waals surface area contributed by atoms with E-state index < -0.39 is 0 Å². The van der Waals surface area contributed by atoms with Gasteiger partial charge >= 0.3 is 0 Å². The Bertz CT molecular complexity index is 362. The average Bonchev–Trinajstić information content (AvgIpc) is 2.72. The molecule has 0 aromatic carbocycles. The van der Waals surface area contributed by atoms with Crippen molar-refractivity contribution in [1.29, 1.82) is 0 Å². The van der Waals surface area contributed by atoms with Crippen LogP contribution < -0.4 is 5.73 Å². The molecule has 88 valence electrons. The van der Waals surface area contributed by atoms with Gasteiger partial charge < -0.3 is 5.73 Å². The highest BCUT2D eigenvalue weighted by molar-refractivity contribution is 7.09. The summed E-state index contributed by atoms with van der Waals surface area (Å²) in [7, 11) is 0. The van der Waals surface area contributed by atoms with Crippen LogP contribution in [-0.4, -0.2) is 28.0 Å². The lowest BCUT2D eigenvalue weighted by Gasteiger charge is -2.37. The molecule has 0 radical (unpaired) electrons. The lowest BCUT2D eigenvalue weighted by molar-refractivity contribution is 0.120. The molecule has 0 saturated carbocycles. The van der Waals surface area contributed by atoms with Gasteiger partial charge in [-0.05, 0) is 32.6 Å². The number of hydrogen-bond acceptors (Lipinski definition) is 4. The van der Waals surface area contributed by atoms with Crippen molar-refractivity contribution in [2.24, 2.45) is 5.73 Å². The smallest absolute Gasteiger partial charge is 0.107 e. The fraction of sp³-hybridized carbons (Fsp3) is 0.750. The fourth-order valence-electron chi connectivity index (χ4n) is 3.21. The molecular formula is C12H19N3S. The van der Waals surface area contributed by atoms with Crippen LogP contribution in [0.4, 0.5) is 0 Å². The third-order valence-corrected chi connectivity index (χ3v) is 4.86. The minimum atomic E-state index is 0.437. The third-order valence-electron chi connectivity index (χ3n) is 3.91. The van der Waals surface area contributed by atoms with Crippen molar-refractivity contribution in [3.63, 3.8) is 0 Å². The predicted molar refractivity (Wildman–Crippen MR) is 66.4 cm³/mol. The summed E-state index contributed by atoms with van der Waals surface area (Å²) in [4.78, 5) is 7.21. The highest BCUT2D eigenvalue weighted by Crippen LogP contribution is 2.36. The molecule has 2 aliphatic rings. The number of piperidine rings is 1. The van der Waals surface area contributed by atoms with E-state index in [1.54, 1.807) is 11.3 Å². The van der Waals surface area contributed by atoms with Crippen molar-refractivity contribution in [1.82, 2.24) is 9.88 Å². The van der Waals surface area contributed by atoms with Crippen LogP contribution in [0.25, 0.3) is 0 Å². The topological polar surface area (TPSA) is 42.1 Å². The first kappa shape index (κ1) is 10.7. The molecule has 2 N–H and O–H groups in total. The van der Waals surface area contributed by atoms with Crippen LogP contribution in [0.1, 0.15) is 36.4 Å². The summed E-state index contributed by atoms with van der Waals surface area (Å²) in [5.74, 6) is 0. The maximum Gasteiger partial charge on any atom is 0.107 e. The quantitative estimate of drug-likeness (QED) is 0.854. The minimum absolute atomic E-state index is 0.437. The summed E-state index contributed by atoms with van der Waals surface area (Å²) in [6.45, 7) is 3.11. The Morgan fingerprint density at radius 2 is 2.12 bits per heavy atom. The standard InChI is InChI=1S/C12H19N3S/c1-8-7-16-12(14-8)6-15-10-2-3-11(15)5-9(13)4-10/h7,9-11H,2-6,13H2,1H3/t9?,10-,11+. The molecule has 1 aromatic rings. The van der Waals surface area contributed by atoms with Crippen LogP contribution in [0.2, 0.25) is 0 Å². The van der Waals surface area contributed by atoms with E-state index in [1.165, 1.54) is 30.7 Å². The van der Waals surface area contributed by atoms with Gasteiger partial charge in [0.2, 0.25) is 0 Å². The number of nitrogens with zero attached hydrogens (tertiary/aromatic N) is 2. The van der Waals surface area contributed by atoms with E-state index in [-0.39, 0.29) is 0 Å². The number of fused-ring (bicyclic) bond motifs is 2. The molecule has 0 amide bonds. The molecule has 0 aliphatic carbocycles. The highest BCUT2D eigenvalue weighted by Gasteiger charge is 2.39. The summed E-state index contributed by atoms with van der Waals surface area (Å²) in [6.07, 6.45) is 5.03. The van der Waals surface area contributed by atoms with E-state index in [2.05, 4.69) is 22.2 Å². The van der Waals surface area contributed by atoms with Crippen LogP contribution in [0.3, 0.4) is 0 Å². The van der Waals surface area contributed by atoms with Crippen molar-refractivity contribution in [3.05, 3.63) is 16.1 Å². The maximum absolute atomic E-state index is 6.08. The second-order valence-electron chi connectivity index (χ2n) is 5.17. The minimum Gasteiger partial charge on any atom is -0.328 e. The second kappa shape index (κ2) is 4.09. The molecule has 2 saturated heterocycles. The number of aryl methyl sites for hydroxylation is 1. The Balaban J connectivity index is 1.72. The molecule has 2 aliphatic heterocycles. The first-order chi connectivity index (χ1) is 7.72. The summed E-state index contributed by atoms with van der Waals surface area (Å²) in [5, 5.41) is 3.41. The van der Waals surface area contributed by atoms with Gasteiger partial charge in [0.05, 0.1) is 6.54 Å². The molecule has 2 fully saturated rings. The van der Waals surface area contributed by atoms with Gasteiger partial charge in [-0.2, -0.15) is 0 Å². The maximum atomic E-state index is 6.08. The number of aromatic nitrogens is 1. The zero-order valence-electron chi connectivity index (χ0n) is 9.72. The number of rotatable bonds is 2. The Morgan fingerprint density at radius 1 is 1.44 bits per heavy atom. The molecular weight excluding hydrogens is 218 g/mol. The van der Waals surface area contributed by atoms with Gasteiger partial charge in [-0.1, -0.05) is 0 Å². The van der Waals surface area contributed by atoms with Gasteiger partial charge in [-0.3, -0.25) is 4.90 Å². The molecule has 3 rings (SSSR count). The molecule has 1 aromatic heterocycles. The normalized spacial score (nSPS) is 34.5. The van der Waals surface area contributed by atoms with Gasteiger partial charge in [0.15, 0.2) is 0 Å². The Hall–Kier alpha value is -0.450. The zero-order chi connectivity index (χ0) is 11.1. The van der Waals surface area contributed by atoms with E-state index in [4.69, 9.17) is 5.73 Å². The van der Waals surface area contributed by atoms with E-state index >= 15 is 0 Å². The first-order valence-corrected chi connectivity index (χ1v) is 7.02. The lowest BCUT2D eigenvalue weighted by Crippen LogP contribution is -2.46. The number of thiazole rings is 1.